The molecule has 59 heavy (non-hydrogen) atoms. The van der Waals surface area contributed by atoms with Crippen molar-refractivity contribution in [2.45, 2.75) is 31.4 Å². The van der Waals surface area contributed by atoms with Gasteiger partial charge in [-0.2, -0.15) is 5.10 Å². The monoisotopic (exact) mass is 794 g/mol. The van der Waals surface area contributed by atoms with E-state index in [0.717, 1.165) is 51.5 Å². The van der Waals surface area contributed by atoms with Crippen molar-refractivity contribution in [3.05, 3.63) is 113 Å². The quantitative estimate of drug-likeness (QED) is 0.109. The van der Waals surface area contributed by atoms with Crippen molar-refractivity contribution in [2.75, 3.05) is 75.8 Å². The number of anilines is 3. The fourth-order valence-corrected chi connectivity index (χ4v) is 8.14. The first kappa shape index (κ1) is 37.9. The molecule has 6 aromatic rings. The number of aromatic amines is 1. The SMILES string of the molecule is CC1COCCN1c1cc(OCCCCNC(=O)c2ccc3c(c2)C(=O)OC32c3ccc(N(C)C)cc3Oc3cc(N(C)C)ccc32)c2ccnc(-c3ccn[nH]3)c2n1. The lowest BCUT2D eigenvalue weighted by atomic mass is 9.77. The van der Waals surface area contributed by atoms with Crippen molar-refractivity contribution in [3.8, 4) is 28.6 Å². The maximum Gasteiger partial charge on any atom is 0.340 e. The largest absolute Gasteiger partial charge is 0.493 e. The first-order valence-corrected chi connectivity index (χ1v) is 19.9. The van der Waals surface area contributed by atoms with Gasteiger partial charge < -0.3 is 39.0 Å². The van der Waals surface area contributed by atoms with Gasteiger partial charge in [-0.3, -0.25) is 14.9 Å². The van der Waals surface area contributed by atoms with E-state index in [-0.39, 0.29) is 11.9 Å². The molecular formula is C45H46N8O6. The molecule has 1 unspecified atom stereocenters. The lowest BCUT2D eigenvalue weighted by Crippen LogP contribution is -2.44. The van der Waals surface area contributed by atoms with Crippen LogP contribution in [0.15, 0.2) is 85.2 Å². The lowest BCUT2D eigenvalue weighted by molar-refractivity contribution is 0.0224. The highest BCUT2D eigenvalue weighted by molar-refractivity contribution is 6.02. The maximum absolute atomic E-state index is 13.8. The summed E-state index contributed by atoms with van der Waals surface area (Å²) in [7, 11) is 7.86. The predicted octanol–water partition coefficient (Wildman–Crippen LogP) is 6.53. The van der Waals surface area contributed by atoms with Crippen LogP contribution < -0.4 is 29.5 Å². The molecule has 9 rings (SSSR count). The molecule has 0 saturated carbocycles. The number of nitrogens with zero attached hydrogens (tertiary/aromatic N) is 6. The minimum absolute atomic E-state index is 0.151. The van der Waals surface area contributed by atoms with Gasteiger partial charge in [-0.05, 0) is 68.3 Å². The van der Waals surface area contributed by atoms with Crippen LogP contribution in [0.3, 0.4) is 0 Å². The highest BCUT2D eigenvalue weighted by atomic mass is 16.6. The molecule has 3 aromatic carbocycles. The zero-order chi connectivity index (χ0) is 40.8. The molecule has 0 bridgehead atoms. The maximum atomic E-state index is 13.8. The number of fused-ring (bicyclic) bond motifs is 7. The molecule has 0 radical (unpaired) electrons. The number of unbranched alkanes of at least 4 members (excludes halogenated alkanes) is 1. The van der Waals surface area contributed by atoms with Crippen LogP contribution in [0.5, 0.6) is 17.2 Å². The van der Waals surface area contributed by atoms with Crippen LogP contribution in [-0.2, 0) is 15.1 Å². The van der Waals surface area contributed by atoms with Gasteiger partial charge in [-0.1, -0.05) is 6.07 Å². The van der Waals surface area contributed by atoms with Crippen LogP contribution >= 0.6 is 0 Å². The van der Waals surface area contributed by atoms with Gasteiger partial charge >= 0.3 is 5.97 Å². The Kier molecular flexibility index (Phi) is 9.79. The van der Waals surface area contributed by atoms with E-state index < -0.39 is 11.6 Å². The lowest BCUT2D eigenvalue weighted by Gasteiger charge is -2.37. The van der Waals surface area contributed by atoms with Gasteiger partial charge in [0.15, 0.2) is 5.60 Å². The Morgan fingerprint density at radius 2 is 1.68 bits per heavy atom. The summed E-state index contributed by atoms with van der Waals surface area (Å²) >= 11 is 0. The number of H-pyrrole nitrogens is 1. The normalized spacial score (nSPS) is 16.2. The number of esters is 1. The zero-order valence-corrected chi connectivity index (χ0v) is 33.7. The number of ether oxygens (including phenoxy) is 4. The van der Waals surface area contributed by atoms with Crippen molar-refractivity contribution in [3.63, 3.8) is 0 Å². The Morgan fingerprint density at radius 1 is 0.932 bits per heavy atom. The summed E-state index contributed by atoms with van der Waals surface area (Å²) < 4.78 is 25.0. The second kappa shape index (κ2) is 15.3. The molecule has 2 N–H and O–H groups in total. The predicted molar refractivity (Wildman–Crippen MR) is 225 cm³/mol. The van der Waals surface area contributed by atoms with Gasteiger partial charge in [0, 0.05) is 111 Å². The number of nitrogens with one attached hydrogen (secondary N) is 2. The first-order valence-electron chi connectivity index (χ1n) is 19.9. The number of hydrogen-bond donors (Lipinski definition) is 2. The second-order valence-electron chi connectivity index (χ2n) is 15.5. The van der Waals surface area contributed by atoms with Crippen LogP contribution in [0, 0.1) is 0 Å². The first-order chi connectivity index (χ1) is 28.6. The second-order valence-corrected chi connectivity index (χ2v) is 15.5. The third-order valence-corrected chi connectivity index (χ3v) is 11.3. The van der Waals surface area contributed by atoms with Crippen molar-refractivity contribution in [2.24, 2.45) is 0 Å². The van der Waals surface area contributed by atoms with Gasteiger partial charge in [0.25, 0.3) is 5.91 Å². The van der Waals surface area contributed by atoms with Crippen molar-refractivity contribution in [1.29, 1.82) is 0 Å². The van der Waals surface area contributed by atoms with Gasteiger partial charge in [0.1, 0.15) is 34.3 Å². The van der Waals surface area contributed by atoms with Crippen LogP contribution in [0.4, 0.5) is 17.2 Å². The smallest absolute Gasteiger partial charge is 0.340 e. The Hall–Kier alpha value is -6.67. The molecular weight excluding hydrogens is 749 g/mol. The Labute approximate surface area is 342 Å². The summed E-state index contributed by atoms with van der Waals surface area (Å²) in [5.41, 5.74) is 5.69. The molecule has 14 nitrogen and oxygen atoms in total. The van der Waals surface area contributed by atoms with Crippen molar-refractivity contribution in [1.82, 2.24) is 25.5 Å². The molecule has 6 heterocycles. The third-order valence-electron chi connectivity index (χ3n) is 11.3. The fraction of sp³-hybridized carbons (Fsp3) is 0.311. The highest BCUT2D eigenvalue weighted by Crippen LogP contribution is 2.57. The number of morpholine rings is 1. The minimum atomic E-state index is -1.24. The number of pyridine rings is 2. The molecule has 1 amide bonds. The molecule has 3 aliphatic heterocycles. The van der Waals surface area contributed by atoms with E-state index >= 15 is 0 Å². The Morgan fingerprint density at radius 3 is 2.37 bits per heavy atom. The van der Waals surface area contributed by atoms with E-state index in [9.17, 15) is 9.59 Å². The van der Waals surface area contributed by atoms with E-state index in [2.05, 4.69) is 32.3 Å². The summed E-state index contributed by atoms with van der Waals surface area (Å²) in [5, 5.41) is 11.0. The summed E-state index contributed by atoms with van der Waals surface area (Å²) in [6.45, 7) is 4.94. The zero-order valence-electron chi connectivity index (χ0n) is 33.7. The average molecular weight is 795 g/mol. The molecule has 1 saturated heterocycles. The van der Waals surface area contributed by atoms with Crippen LogP contribution in [0.25, 0.3) is 22.3 Å². The van der Waals surface area contributed by atoms with Gasteiger partial charge in [0.05, 0.1) is 37.1 Å². The van der Waals surface area contributed by atoms with Crippen LogP contribution in [-0.4, -0.2) is 99.2 Å². The minimum Gasteiger partial charge on any atom is -0.493 e. The van der Waals surface area contributed by atoms with E-state index in [1.807, 2.05) is 98.7 Å². The summed E-state index contributed by atoms with van der Waals surface area (Å²) in [4.78, 5) is 43.2. The molecule has 3 aliphatic rings. The molecule has 0 aliphatic carbocycles. The Bertz CT molecular complexity index is 2520. The van der Waals surface area contributed by atoms with E-state index in [1.54, 1.807) is 24.5 Å². The topological polar surface area (TPSA) is 147 Å². The van der Waals surface area contributed by atoms with E-state index in [1.165, 1.54) is 0 Å². The number of benzene rings is 3. The van der Waals surface area contributed by atoms with Gasteiger partial charge in [0.2, 0.25) is 0 Å². The average Bonchev–Trinajstić information content (AvgIpc) is 3.88. The molecule has 3 aromatic heterocycles. The Balaban J connectivity index is 0.903. The number of carbonyl (C=O) groups is 2. The standard InChI is InChI=1S/C45H46N8O6/c1-27-26-56-21-19-53(27)40-25-37(31-14-17-46-42(41(31)49-40)36-15-18-48-50-36)57-20-7-6-16-47-43(54)28-8-11-33-32(22-28)44(55)59-45(33)34-12-9-29(51(2)3)23-38(34)58-39-24-30(52(4)5)10-13-35(39)45/h8-15,17-18,22-25,27H,6-7,16,19-21,26H2,1-5H3,(H,47,54)(H,48,50). The van der Waals surface area contributed by atoms with E-state index in [0.29, 0.717) is 78.8 Å². The van der Waals surface area contributed by atoms with Gasteiger partial charge in [-0.15, -0.1) is 0 Å². The van der Waals surface area contributed by atoms with Crippen molar-refractivity contribution < 1.29 is 28.5 Å². The number of carbonyl (C=O) groups excluding carboxylic acids is 2. The molecule has 1 atom stereocenters. The number of aromatic nitrogens is 4. The third kappa shape index (κ3) is 6.72. The molecule has 14 heteroatoms. The van der Waals surface area contributed by atoms with Crippen LogP contribution in [0.2, 0.25) is 0 Å². The van der Waals surface area contributed by atoms with Gasteiger partial charge in [-0.25, -0.2) is 9.78 Å². The molecule has 1 spiro atoms. The molecule has 302 valence electrons. The summed E-state index contributed by atoms with van der Waals surface area (Å²) in [6.07, 6.45) is 4.81. The highest BCUT2D eigenvalue weighted by Gasteiger charge is 2.54. The summed E-state index contributed by atoms with van der Waals surface area (Å²) in [6, 6.07) is 23.0. The van der Waals surface area contributed by atoms with E-state index in [4.69, 9.17) is 23.9 Å². The number of hydrogen-bond acceptors (Lipinski definition) is 12. The fourth-order valence-electron chi connectivity index (χ4n) is 8.14. The van der Waals surface area contributed by atoms with Crippen molar-refractivity contribution >= 4 is 40.0 Å². The number of amides is 1. The molecule has 1 fully saturated rings. The van der Waals surface area contributed by atoms with Crippen LogP contribution in [0.1, 0.15) is 57.2 Å². The summed E-state index contributed by atoms with van der Waals surface area (Å²) in [5.74, 6) is 1.95. The number of rotatable bonds is 11.